The van der Waals surface area contributed by atoms with Crippen LogP contribution in [0.1, 0.15) is 29.6 Å². The van der Waals surface area contributed by atoms with Crippen LogP contribution in [0.15, 0.2) is 30.6 Å². The van der Waals surface area contributed by atoms with Crippen molar-refractivity contribution in [2.75, 3.05) is 24.8 Å². The van der Waals surface area contributed by atoms with E-state index >= 15 is 0 Å². The van der Waals surface area contributed by atoms with Gasteiger partial charge in [-0.2, -0.15) is 9.61 Å². The number of nitrogens with one attached hydrogen (secondary N) is 3. The van der Waals surface area contributed by atoms with Gasteiger partial charge in [0.15, 0.2) is 5.65 Å². The summed E-state index contributed by atoms with van der Waals surface area (Å²) < 4.78 is 6.83. The predicted octanol–water partition coefficient (Wildman–Crippen LogP) is 1.56. The molecule has 1 aliphatic rings. The molecule has 0 aromatic carbocycles. The van der Waals surface area contributed by atoms with Gasteiger partial charge in [-0.05, 0) is 31.4 Å². The summed E-state index contributed by atoms with van der Waals surface area (Å²) in [6.45, 7) is 0. The van der Waals surface area contributed by atoms with Gasteiger partial charge in [-0.25, -0.2) is 9.97 Å². The van der Waals surface area contributed by atoms with E-state index in [-0.39, 0.29) is 11.9 Å². The van der Waals surface area contributed by atoms with Crippen LogP contribution in [-0.2, 0) is 0 Å². The Morgan fingerprint density at radius 1 is 1.38 bits per heavy atom. The number of nitrogens with zero attached hydrogens (tertiary/aromatic N) is 4. The lowest BCUT2D eigenvalue weighted by Crippen LogP contribution is -2.39. The summed E-state index contributed by atoms with van der Waals surface area (Å²) in [4.78, 5) is 21.5. The van der Waals surface area contributed by atoms with Crippen molar-refractivity contribution < 1.29 is 14.6 Å². The van der Waals surface area contributed by atoms with Crippen LogP contribution < -0.4 is 20.7 Å². The number of carbonyl (C=O) groups excluding carboxylic acids is 1. The van der Waals surface area contributed by atoms with E-state index in [0.29, 0.717) is 40.8 Å². The Hall–Kier alpha value is -3.40. The van der Waals surface area contributed by atoms with Gasteiger partial charge in [-0.1, -0.05) is 0 Å². The predicted molar refractivity (Wildman–Crippen MR) is 108 cm³/mol. The summed E-state index contributed by atoms with van der Waals surface area (Å²) in [6.07, 6.45) is 4.95. The number of carbonyl (C=O) groups is 1. The summed E-state index contributed by atoms with van der Waals surface area (Å²) in [6, 6.07) is 5.13. The minimum atomic E-state index is -0.517. The second kappa shape index (κ2) is 7.92. The smallest absolute Gasteiger partial charge is 0.257 e. The first-order valence-electron chi connectivity index (χ1n) is 9.42. The Bertz CT molecular complexity index is 1040. The highest BCUT2D eigenvalue weighted by Gasteiger charge is 2.28. The number of fused-ring (bicyclic) bond motifs is 1. The SMILES string of the molecule is CNc1cc(Nc2cccnc2OC)nc2c(C(=O)N[C@@H]3CCCC3O)cnn12. The van der Waals surface area contributed by atoms with Crippen LogP contribution >= 0.6 is 0 Å². The number of anilines is 3. The zero-order chi connectivity index (χ0) is 20.4. The number of amides is 1. The number of ether oxygens (including phenoxy) is 1. The number of hydrogen-bond donors (Lipinski definition) is 4. The Morgan fingerprint density at radius 3 is 2.97 bits per heavy atom. The van der Waals surface area contributed by atoms with E-state index in [2.05, 4.69) is 31.0 Å². The van der Waals surface area contributed by atoms with Gasteiger partial charge in [0.25, 0.3) is 5.91 Å². The largest absolute Gasteiger partial charge is 0.480 e. The van der Waals surface area contributed by atoms with Crippen molar-refractivity contribution in [2.45, 2.75) is 31.4 Å². The molecular weight excluding hydrogens is 374 g/mol. The second-order valence-electron chi connectivity index (χ2n) is 6.83. The van der Waals surface area contributed by atoms with Crippen molar-refractivity contribution in [1.29, 1.82) is 0 Å². The van der Waals surface area contributed by atoms with Crippen molar-refractivity contribution in [3.05, 3.63) is 36.2 Å². The van der Waals surface area contributed by atoms with Crippen molar-refractivity contribution in [1.82, 2.24) is 24.9 Å². The molecule has 0 spiro atoms. The van der Waals surface area contributed by atoms with Gasteiger partial charge in [0.1, 0.15) is 22.9 Å². The van der Waals surface area contributed by atoms with Crippen LogP contribution in [0.4, 0.5) is 17.3 Å². The lowest BCUT2D eigenvalue weighted by atomic mass is 10.2. The van der Waals surface area contributed by atoms with E-state index in [9.17, 15) is 9.90 Å². The summed E-state index contributed by atoms with van der Waals surface area (Å²) in [7, 11) is 3.31. The maximum atomic E-state index is 12.8. The number of hydrogen-bond acceptors (Lipinski definition) is 8. The molecule has 0 radical (unpaired) electrons. The third-order valence-electron chi connectivity index (χ3n) is 5.00. The number of pyridine rings is 1. The maximum absolute atomic E-state index is 12.8. The maximum Gasteiger partial charge on any atom is 0.257 e. The average Bonchev–Trinajstić information content (AvgIpc) is 3.34. The first-order valence-corrected chi connectivity index (χ1v) is 9.42. The number of rotatable bonds is 6. The monoisotopic (exact) mass is 397 g/mol. The van der Waals surface area contributed by atoms with Crippen LogP contribution in [0.25, 0.3) is 5.65 Å². The number of aromatic nitrogens is 4. The van der Waals surface area contributed by atoms with Gasteiger partial charge in [0.2, 0.25) is 5.88 Å². The van der Waals surface area contributed by atoms with Gasteiger partial charge < -0.3 is 25.8 Å². The Kier molecular flexibility index (Phi) is 5.17. The fourth-order valence-electron chi connectivity index (χ4n) is 3.51. The summed E-state index contributed by atoms with van der Waals surface area (Å²) in [5.74, 6) is 1.28. The standard InChI is InChI=1S/C19H23N7O3/c1-20-16-9-15(23-13-6-4-8-21-19(13)29-2)25-17-11(10-22-26(16)17)18(28)24-12-5-3-7-14(12)27/h4,6,8-10,12,14,20,27H,3,5,7H2,1-2H3,(H,23,25)(H,24,28)/t12-,14?/m1/s1. The molecule has 3 heterocycles. The fraction of sp³-hybridized carbons (Fsp3) is 0.368. The molecule has 1 unspecified atom stereocenters. The molecular formula is C19H23N7O3. The third-order valence-corrected chi connectivity index (χ3v) is 5.00. The first kappa shape index (κ1) is 18.9. The Morgan fingerprint density at radius 2 is 2.24 bits per heavy atom. The summed E-state index contributed by atoms with van der Waals surface area (Å²) in [5, 5.41) is 23.4. The fourth-order valence-corrected chi connectivity index (χ4v) is 3.51. The number of aliphatic hydroxyl groups excluding tert-OH is 1. The Balaban J connectivity index is 1.68. The molecule has 2 atom stereocenters. The van der Waals surface area contributed by atoms with Gasteiger partial charge >= 0.3 is 0 Å². The van der Waals surface area contributed by atoms with Crippen molar-refractivity contribution in [2.24, 2.45) is 0 Å². The molecule has 10 heteroatoms. The molecule has 4 rings (SSSR count). The molecule has 29 heavy (non-hydrogen) atoms. The molecule has 10 nitrogen and oxygen atoms in total. The molecule has 1 amide bonds. The zero-order valence-corrected chi connectivity index (χ0v) is 16.2. The zero-order valence-electron chi connectivity index (χ0n) is 16.2. The van der Waals surface area contributed by atoms with Crippen LogP contribution in [-0.4, -0.2) is 56.9 Å². The lowest BCUT2D eigenvalue weighted by Gasteiger charge is -2.16. The van der Waals surface area contributed by atoms with Crippen LogP contribution in [0, 0.1) is 0 Å². The quantitative estimate of drug-likeness (QED) is 0.494. The van der Waals surface area contributed by atoms with E-state index in [1.54, 1.807) is 37.0 Å². The van der Waals surface area contributed by atoms with Crippen LogP contribution in [0.3, 0.4) is 0 Å². The molecule has 1 saturated carbocycles. The van der Waals surface area contributed by atoms with E-state index in [1.165, 1.54) is 6.20 Å². The molecule has 0 aliphatic heterocycles. The molecule has 3 aromatic rings. The minimum Gasteiger partial charge on any atom is -0.480 e. The van der Waals surface area contributed by atoms with Crippen molar-refractivity contribution >= 4 is 28.9 Å². The molecule has 152 valence electrons. The van der Waals surface area contributed by atoms with Crippen molar-refractivity contribution in [3.8, 4) is 5.88 Å². The van der Waals surface area contributed by atoms with E-state index in [0.717, 1.165) is 12.8 Å². The number of aliphatic hydroxyl groups is 1. The first-order chi connectivity index (χ1) is 14.1. The molecule has 0 bridgehead atoms. The van der Waals surface area contributed by atoms with Gasteiger partial charge in [0.05, 0.1) is 25.5 Å². The van der Waals surface area contributed by atoms with E-state index < -0.39 is 6.10 Å². The minimum absolute atomic E-state index is 0.248. The van der Waals surface area contributed by atoms with Crippen LogP contribution in [0.5, 0.6) is 5.88 Å². The normalized spacial score (nSPS) is 18.6. The van der Waals surface area contributed by atoms with Crippen molar-refractivity contribution in [3.63, 3.8) is 0 Å². The number of methoxy groups -OCH3 is 1. The molecule has 0 saturated heterocycles. The van der Waals surface area contributed by atoms with E-state index in [1.807, 2.05) is 6.07 Å². The van der Waals surface area contributed by atoms with Gasteiger partial charge in [-0.15, -0.1) is 0 Å². The average molecular weight is 397 g/mol. The lowest BCUT2D eigenvalue weighted by molar-refractivity contribution is 0.0874. The highest BCUT2D eigenvalue weighted by atomic mass is 16.5. The highest BCUT2D eigenvalue weighted by Crippen LogP contribution is 2.27. The molecule has 3 aromatic heterocycles. The van der Waals surface area contributed by atoms with E-state index in [4.69, 9.17) is 4.74 Å². The van der Waals surface area contributed by atoms with Gasteiger partial charge in [0, 0.05) is 19.3 Å². The Labute approximate surface area is 167 Å². The van der Waals surface area contributed by atoms with Gasteiger partial charge in [-0.3, -0.25) is 4.79 Å². The summed E-state index contributed by atoms with van der Waals surface area (Å²) >= 11 is 0. The molecule has 4 N–H and O–H groups in total. The topological polar surface area (TPSA) is 126 Å². The molecule has 1 fully saturated rings. The van der Waals surface area contributed by atoms with Crippen LogP contribution in [0.2, 0.25) is 0 Å². The third kappa shape index (κ3) is 3.66. The second-order valence-corrected chi connectivity index (χ2v) is 6.83. The molecule has 1 aliphatic carbocycles. The summed E-state index contributed by atoms with van der Waals surface area (Å²) in [5.41, 5.74) is 1.38. The highest BCUT2D eigenvalue weighted by molar-refractivity contribution is 6.00.